The van der Waals surface area contributed by atoms with Crippen LogP contribution in [0.3, 0.4) is 0 Å². The molecule has 108 valence electrons. The van der Waals surface area contributed by atoms with Crippen molar-refractivity contribution in [3.63, 3.8) is 0 Å². The maximum Gasteiger partial charge on any atom is 0.472 e. The molecule has 0 aromatic heterocycles. The molecule has 0 amide bonds. The van der Waals surface area contributed by atoms with Gasteiger partial charge in [0.15, 0.2) is 6.29 Å². The first-order valence-corrected chi connectivity index (χ1v) is 7.51. The van der Waals surface area contributed by atoms with Gasteiger partial charge in [-0.1, -0.05) is 0 Å². The summed E-state index contributed by atoms with van der Waals surface area (Å²) >= 11 is 0. The van der Waals surface area contributed by atoms with Crippen LogP contribution in [0.4, 0.5) is 0 Å². The smallest absolute Gasteiger partial charge is 0.387 e. The zero-order valence-electron chi connectivity index (χ0n) is 8.64. The molecule has 1 aliphatic rings. The van der Waals surface area contributed by atoms with Crippen LogP contribution in [0.2, 0.25) is 0 Å². The van der Waals surface area contributed by atoms with Gasteiger partial charge in [-0.2, -0.15) is 0 Å². The van der Waals surface area contributed by atoms with Gasteiger partial charge in [-0.05, 0) is 0 Å². The normalized spacial score (nSPS) is 33.9. The Labute approximate surface area is 100 Å². The highest BCUT2D eigenvalue weighted by Crippen LogP contribution is 2.42. The summed E-state index contributed by atoms with van der Waals surface area (Å²) in [6.07, 6.45) is -6.69. The summed E-state index contributed by atoms with van der Waals surface area (Å²) in [5, 5.41) is 18.7. The Morgan fingerprint density at radius 1 is 1.00 bits per heavy atom. The molecule has 4 atom stereocenters. The van der Waals surface area contributed by atoms with Crippen molar-refractivity contribution >= 4 is 15.6 Å². The molecule has 0 aromatic rings. The Hall–Kier alpha value is 0.1000. The van der Waals surface area contributed by atoms with Gasteiger partial charge in [0.2, 0.25) is 0 Å². The van der Waals surface area contributed by atoms with Crippen LogP contribution in [0.15, 0.2) is 0 Å². The van der Waals surface area contributed by atoms with Crippen LogP contribution in [0.1, 0.15) is 0 Å². The zero-order chi connectivity index (χ0) is 14.1. The summed E-state index contributed by atoms with van der Waals surface area (Å²) in [7, 11) is -9.74. The number of phosphoric ester groups is 2. The minimum Gasteiger partial charge on any atom is -0.387 e. The van der Waals surface area contributed by atoms with Crippen LogP contribution >= 0.6 is 15.6 Å². The Kier molecular flexibility index (Phi) is 5.04. The third-order valence-electron chi connectivity index (χ3n) is 1.97. The van der Waals surface area contributed by atoms with Crippen LogP contribution in [-0.2, 0) is 22.9 Å². The predicted octanol–water partition coefficient (Wildman–Crippen LogP) is -2.35. The van der Waals surface area contributed by atoms with E-state index in [1.54, 1.807) is 0 Å². The van der Waals surface area contributed by atoms with E-state index in [0.717, 1.165) is 0 Å². The molecular formula is C5H12O11P2. The lowest BCUT2D eigenvalue weighted by molar-refractivity contribution is -0.125. The van der Waals surface area contributed by atoms with E-state index < -0.39 is 46.9 Å². The molecule has 0 radical (unpaired) electrons. The minimum atomic E-state index is -4.95. The summed E-state index contributed by atoms with van der Waals surface area (Å²) in [5.74, 6) is 0. The first-order valence-electron chi connectivity index (χ1n) is 4.45. The molecule has 1 heterocycles. The molecule has 0 spiro atoms. The number of hydrogen-bond acceptors (Lipinski definition) is 7. The van der Waals surface area contributed by atoms with Crippen LogP contribution < -0.4 is 0 Å². The molecule has 13 heteroatoms. The van der Waals surface area contributed by atoms with Crippen molar-refractivity contribution in [2.24, 2.45) is 0 Å². The molecule has 0 unspecified atom stereocenters. The number of aliphatic hydroxyl groups is 2. The third kappa shape index (κ3) is 5.00. The summed E-state index contributed by atoms with van der Waals surface area (Å²) in [6, 6.07) is 0. The number of rotatable bonds is 5. The molecule has 0 aromatic carbocycles. The maximum atomic E-state index is 10.5. The van der Waals surface area contributed by atoms with Crippen molar-refractivity contribution in [3.8, 4) is 0 Å². The van der Waals surface area contributed by atoms with Gasteiger partial charge in [-0.25, -0.2) is 9.13 Å². The fraction of sp³-hybridized carbons (Fsp3) is 1.00. The van der Waals surface area contributed by atoms with E-state index in [1.807, 2.05) is 0 Å². The first-order chi connectivity index (χ1) is 7.99. The largest absolute Gasteiger partial charge is 0.472 e. The van der Waals surface area contributed by atoms with Crippen molar-refractivity contribution in [3.05, 3.63) is 0 Å². The average molecular weight is 310 g/mol. The molecule has 18 heavy (non-hydrogen) atoms. The van der Waals surface area contributed by atoms with E-state index in [0.29, 0.717) is 0 Å². The van der Waals surface area contributed by atoms with Crippen LogP contribution in [-0.4, -0.2) is 61.0 Å². The predicted molar refractivity (Wildman–Crippen MR) is 51.8 cm³/mol. The van der Waals surface area contributed by atoms with Crippen molar-refractivity contribution < 1.29 is 52.7 Å². The number of ether oxygens (including phenoxy) is 1. The number of hydrogen-bond donors (Lipinski definition) is 6. The van der Waals surface area contributed by atoms with E-state index in [2.05, 4.69) is 13.8 Å². The molecule has 1 fully saturated rings. The fourth-order valence-corrected chi connectivity index (χ4v) is 2.03. The zero-order valence-corrected chi connectivity index (χ0v) is 10.4. The van der Waals surface area contributed by atoms with Gasteiger partial charge in [0.25, 0.3) is 0 Å². The highest BCUT2D eigenvalue weighted by Gasteiger charge is 2.46. The summed E-state index contributed by atoms with van der Waals surface area (Å²) in [5.41, 5.74) is 0. The van der Waals surface area contributed by atoms with Gasteiger partial charge in [0.1, 0.15) is 18.3 Å². The van der Waals surface area contributed by atoms with Gasteiger partial charge in [-0.15, -0.1) is 0 Å². The molecule has 1 aliphatic heterocycles. The lowest BCUT2D eigenvalue weighted by Crippen LogP contribution is -2.34. The van der Waals surface area contributed by atoms with Gasteiger partial charge >= 0.3 is 15.6 Å². The molecule has 1 saturated heterocycles. The van der Waals surface area contributed by atoms with Gasteiger partial charge in [0.05, 0.1) is 6.61 Å². The van der Waals surface area contributed by atoms with Crippen molar-refractivity contribution in [2.45, 2.75) is 24.6 Å². The van der Waals surface area contributed by atoms with Crippen molar-refractivity contribution in [1.29, 1.82) is 0 Å². The molecule has 0 bridgehead atoms. The standard InChI is InChI=1S/C5H12O11P2/c6-3-2(1-14-17(8,9)10)15-5(4(3)7)16-18(11,12)13/h2-7H,1H2,(H2,8,9,10)(H2,11,12,13)/t2-,3-,4+,5+/m1/s1. The quantitative estimate of drug-likeness (QED) is 0.299. The summed E-state index contributed by atoms with van der Waals surface area (Å²) < 4.78 is 33.6. The first kappa shape index (κ1) is 16.2. The molecular weight excluding hydrogens is 298 g/mol. The van der Waals surface area contributed by atoms with E-state index in [-0.39, 0.29) is 0 Å². The highest BCUT2D eigenvalue weighted by molar-refractivity contribution is 7.46. The van der Waals surface area contributed by atoms with Crippen LogP contribution in [0.5, 0.6) is 0 Å². The SMILES string of the molecule is O=P(O)(O)OC[C@H]1O[C@@H](OP(=O)(O)O)[C@@H](O)[C@@H]1O. The van der Waals surface area contributed by atoms with Crippen molar-refractivity contribution in [2.75, 3.05) is 6.61 Å². The third-order valence-corrected chi connectivity index (χ3v) is 2.93. The van der Waals surface area contributed by atoms with Gasteiger partial charge in [-0.3, -0.25) is 9.05 Å². The highest BCUT2D eigenvalue weighted by atomic mass is 31.2. The second kappa shape index (κ2) is 5.61. The summed E-state index contributed by atoms with van der Waals surface area (Å²) in [6.45, 7) is -0.788. The lowest BCUT2D eigenvalue weighted by Gasteiger charge is -2.15. The summed E-state index contributed by atoms with van der Waals surface area (Å²) in [4.78, 5) is 33.8. The Morgan fingerprint density at radius 3 is 2.00 bits per heavy atom. The molecule has 11 nitrogen and oxygen atoms in total. The topological polar surface area (TPSA) is 183 Å². The maximum absolute atomic E-state index is 10.5. The average Bonchev–Trinajstić information content (AvgIpc) is 2.40. The van der Waals surface area contributed by atoms with Crippen LogP contribution in [0.25, 0.3) is 0 Å². The molecule has 0 saturated carbocycles. The second-order valence-electron chi connectivity index (χ2n) is 3.41. The van der Waals surface area contributed by atoms with E-state index in [4.69, 9.17) is 19.6 Å². The van der Waals surface area contributed by atoms with E-state index in [1.165, 1.54) is 0 Å². The van der Waals surface area contributed by atoms with Crippen LogP contribution in [0, 0.1) is 0 Å². The fourth-order valence-electron chi connectivity index (χ4n) is 1.25. The van der Waals surface area contributed by atoms with Gasteiger partial charge in [0, 0.05) is 0 Å². The number of aliphatic hydroxyl groups excluding tert-OH is 2. The Bertz CT molecular complexity index is 372. The Morgan fingerprint density at radius 2 is 1.56 bits per heavy atom. The minimum absolute atomic E-state index is 0.788. The monoisotopic (exact) mass is 310 g/mol. The van der Waals surface area contributed by atoms with Crippen molar-refractivity contribution in [1.82, 2.24) is 0 Å². The number of phosphoric acid groups is 2. The molecule has 1 rings (SSSR count). The Balaban J connectivity index is 2.59. The molecule has 0 aliphatic carbocycles. The van der Waals surface area contributed by atoms with Gasteiger partial charge < -0.3 is 34.5 Å². The second-order valence-corrected chi connectivity index (χ2v) is 5.84. The van der Waals surface area contributed by atoms with E-state index in [9.17, 15) is 19.3 Å². The molecule has 6 N–H and O–H groups in total. The lowest BCUT2D eigenvalue weighted by atomic mass is 10.1. The van der Waals surface area contributed by atoms with E-state index >= 15 is 0 Å².